The Kier molecular flexibility index (Phi) is 7.97. The fourth-order valence-electron chi connectivity index (χ4n) is 5.85. The van der Waals surface area contributed by atoms with Gasteiger partial charge in [0.2, 0.25) is 0 Å². The van der Waals surface area contributed by atoms with Crippen LogP contribution in [0, 0.1) is 23.7 Å². The van der Waals surface area contributed by atoms with E-state index < -0.39 is 84.2 Å². The zero-order valence-corrected chi connectivity index (χ0v) is 20.0. The van der Waals surface area contributed by atoms with Crippen LogP contribution in [-0.2, 0) is 4.74 Å². The molecule has 40 heavy (non-hydrogen) atoms. The number of alkyl halides is 18. The van der Waals surface area contributed by atoms with E-state index in [9.17, 15) is 79.7 Å². The van der Waals surface area contributed by atoms with E-state index in [-0.39, 0.29) is 30.6 Å². The van der Waals surface area contributed by atoms with Crippen LogP contribution in [0.1, 0.15) is 25.7 Å². The molecule has 20 heteroatoms. The van der Waals surface area contributed by atoms with E-state index in [4.69, 9.17) is 16.3 Å². The number of aliphatic hydroxyl groups excluding tert-OH is 1. The zero-order chi connectivity index (χ0) is 31.3. The summed E-state index contributed by atoms with van der Waals surface area (Å²) in [4.78, 5) is 0. The van der Waals surface area contributed by atoms with E-state index in [1.165, 1.54) is 0 Å². The van der Waals surface area contributed by atoms with Gasteiger partial charge in [0.25, 0.3) is 0 Å². The second-order valence-corrected chi connectivity index (χ2v) is 10.7. The molecule has 1 N–H and O–H groups in total. The van der Waals surface area contributed by atoms with Crippen molar-refractivity contribution in [3.8, 4) is 0 Å². The molecule has 0 aliphatic heterocycles. The van der Waals surface area contributed by atoms with Crippen molar-refractivity contribution in [1.29, 1.82) is 0 Å². The van der Waals surface area contributed by atoms with E-state index in [0.717, 1.165) is 0 Å². The molecule has 0 heterocycles. The monoisotopic (exact) mass is 648 g/mol. The van der Waals surface area contributed by atoms with Crippen molar-refractivity contribution >= 4 is 11.6 Å². The molecule has 0 spiro atoms. The summed E-state index contributed by atoms with van der Waals surface area (Å²) in [5.74, 6) is -57.5. The number of hydrogen-bond donors (Lipinski definition) is 1. The van der Waals surface area contributed by atoms with Gasteiger partial charge in [-0.2, -0.15) is 74.6 Å². The van der Waals surface area contributed by atoms with Gasteiger partial charge >= 0.3 is 47.6 Å². The largest absolute Gasteiger partial charge is 0.460 e. The fraction of sp³-hybridized carbons (Fsp3) is 1.00. The third-order valence-corrected chi connectivity index (χ3v) is 8.54. The minimum atomic E-state index is -8.63. The third-order valence-electron chi connectivity index (χ3n) is 7.96. The number of hydrogen-bond acceptors (Lipinski definition) is 2. The fourth-order valence-corrected chi connectivity index (χ4v) is 6.34. The Balaban J connectivity index is 1.76. The molecule has 7 atom stereocenters. The van der Waals surface area contributed by atoms with Crippen molar-refractivity contribution in [1.82, 2.24) is 0 Å². The maximum atomic E-state index is 14.1. The van der Waals surface area contributed by atoms with Crippen LogP contribution in [0.15, 0.2) is 0 Å². The summed E-state index contributed by atoms with van der Waals surface area (Å²) in [5, 5.41) is 9.23. The minimum Gasteiger partial charge on any atom is -0.392 e. The molecule has 2 nitrogen and oxygen atoms in total. The van der Waals surface area contributed by atoms with E-state index in [1.807, 2.05) is 0 Å². The van der Waals surface area contributed by atoms with Gasteiger partial charge in [-0.15, -0.1) is 11.6 Å². The molecule has 3 fully saturated rings. The highest BCUT2D eigenvalue weighted by Crippen LogP contribution is 2.64. The molecule has 5 unspecified atom stereocenters. The van der Waals surface area contributed by atoms with Crippen LogP contribution in [0.25, 0.3) is 0 Å². The summed E-state index contributed by atoms with van der Waals surface area (Å²) in [6.07, 6.45) is -11.6. The number of halogens is 18. The predicted octanol–water partition coefficient (Wildman–Crippen LogP) is 7.42. The molecule has 0 aromatic heterocycles. The average molecular weight is 649 g/mol. The predicted molar refractivity (Wildman–Crippen MR) is 98.5 cm³/mol. The van der Waals surface area contributed by atoms with Gasteiger partial charge in [-0.3, -0.25) is 0 Å². The van der Waals surface area contributed by atoms with Gasteiger partial charge < -0.3 is 9.84 Å². The van der Waals surface area contributed by atoms with Crippen molar-refractivity contribution in [3.05, 3.63) is 0 Å². The Bertz CT molecular complexity index is 952. The maximum Gasteiger partial charge on any atom is 0.460 e. The first-order chi connectivity index (χ1) is 17.6. The van der Waals surface area contributed by atoms with Gasteiger partial charge in [-0.05, 0) is 42.9 Å². The van der Waals surface area contributed by atoms with E-state index in [2.05, 4.69) is 0 Å². The van der Waals surface area contributed by atoms with Crippen LogP contribution >= 0.6 is 11.6 Å². The molecular formula is C20H18ClF17O2. The molecule has 3 aliphatic carbocycles. The topological polar surface area (TPSA) is 29.5 Å². The molecule has 0 aromatic carbocycles. The summed E-state index contributed by atoms with van der Waals surface area (Å²) in [5.41, 5.74) is 0. The molecular weight excluding hydrogens is 631 g/mol. The number of fused-ring (bicyclic) bond motifs is 5. The van der Waals surface area contributed by atoms with Gasteiger partial charge in [0.15, 0.2) is 0 Å². The molecule has 236 valence electrons. The molecule has 0 radical (unpaired) electrons. The van der Waals surface area contributed by atoms with E-state index >= 15 is 0 Å². The van der Waals surface area contributed by atoms with Crippen LogP contribution in [0.5, 0.6) is 0 Å². The number of rotatable bonds is 10. The number of aliphatic hydroxyl groups is 1. The molecule has 3 saturated carbocycles. The van der Waals surface area contributed by atoms with Gasteiger partial charge in [0.05, 0.1) is 24.2 Å². The van der Waals surface area contributed by atoms with Crippen LogP contribution in [0.3, 0.4) is 0 Å². The van der Waals surface area contributed by atoms with E-state index in [1.54, 1.807) is 0 Å². The van der Waals surface area contributed by atoms with Gasteiger partial charge in [-0.25, -0.2) is 0 Å². The first-order valence-corrected chi connectivity index (χ1v) is 11.7. The Labute approximate surface area is 218 Å². The zero-order valence-electron chi connectivity index (χ0n) is 19.2. The Morgan fingerprint density at radius 3 is 1.52 bits per heavy atom. The summed E-state index contributed by atoms with van der Waals surface area (Å²) < 4.78 is 232. The lowest BCUT2D eigenvalue weighted by atomic mass is 9.80. The lowest BCUT2D eigenvalue weighted by Gasteiger charge is -2.42. The molecule has 3 rings (SSSR count). The second-order valence-electron chi connectivity index (χ2n) is 10.2. The summed E-state index contributed by atoms with van der Waals surface area (Å²) in [6.45, 7) is -1.60. The average Bonchev–Trinajstić information content (AvgIpc) is 3.43. The Hall–Kier alpha value is -0.980. The first-order valence-electron chi connectivity index (χ1n) is 11.3. The summed E-state index contributed by atoms with van der Waals surface area (Å²) in [6, 6.07) is 0. The normalized spacial score (nSPS) is 32.6. The molecule has 3 aliphatic rings. The maximum absolute atomic E-state index is 14.1. The summed E-state index contributed by atoms with van der Waals surface area (Å²) in [7, 11) is 0. The Morgan fingerprint density at radius 2 is 1.05 bits per heavy atom. The molecule has 0 saturated heterocycles. The molecule has 2 bridgehead atoms. The first kappa shape index (κ1) is 33.5. The minimum absolute atomic E-state index is 0.0900. The van der Waals surface area contributed by atoms with E-state index in [0.29, 0.717) is 6.42 Å². The highest BCUT2D eigenvalue weighted by molar-refractivity contribution is 6.21. The quantitative estimate of drug-likeness (QED) is 0.198. The van der Waals surface area contributed by atoms with Gasteiger partial charge in [-0.1, -0.05) is 0 Å². The van der Waals surface area contributed by atoms with Crippen LogP contribution in [-0.4, -0.2) is 76.9 Å². The van der Waals surface area contributed by atoms with Crippen LogP contribution in [0.2, 0.25) is 0 Å². The second kappa shape index (κ2) is 9.51. The molecule has 0 aromatic rings. The standard InChI is InChI=1S/C20H18ClF17O2/c21-12-9(39)5-8-7-3-6(11(8)12)4-10(7)40-2-1-13(22,23)14(24,25)15(26,27)16(28,29)17(30,31)18(32,33)19(34,35)20(36,37)38/h6-12,39H,1-5H2/t6-,7-,8?,9?,10?,11?,12?/m1/s1. The van der Waals surface area contributed by atoms with Crippen molar-refractivity contribution < 1.29 is 84.5 Å². The lowest BCUT2D eigenvalue weighted by Crippen LogP contribution is -2.74. The Morgan fingerprint density at radius 1 is 0.600 bits per heavy atom. The van der Waals surface area contributed by atoms with Crippen LogP contribution < -0.4 is 0 Å². The van der Waals surface area contributed by atoms with Gasteiger partial charge in [0.1, 0.15) is 0 Å². The van der Waals surface area contributed by atoms with Gasteiger partial charge in [0, 0.05) is 6.42 Å². The van der Waals surface area contributed by atoms with Crippen molar-refractivity contribution in [2.75, 3.05) is 6.61 Å². The number of ether oxygens (including phenoxy) is 1. The third kappa shape index (κ3) is 4.35. The van der Waals surface area contributed by atoms with Crippen molar-refractivity contribution in [3.63, 3.8) is 0 Å². The highest BCUT2D eigenvalue weighted by atomic mass is 35.5. The SMILES string of the molecule is OC1CC2C(C1Cl)[C@H]1CC(OCCC(F)(F)C(F)(F)C(F)(F)C(F)(F)C(F)(F)C(F)(F)C(F)(F)C(F)(F)F)[C@@H]2C1. The van der Waals surface area contributed by atoms with Crippen molar-refractivity contribution in [2.24, 2.45) is 23.7 Å². The molecule has 0 amide bonds. The van der Waals surface area contributed by atoms with Crippen molar-refractivity contribution in [2.45, 2.75) is 90.9 Å². The lowest BCUT2D eigenvalue weighted by molar-refractivity contribution is -0.462. The summed E-state index contributed by atoms with van der Waals surface area (Å²) >= 11 is 6.10. The smallest absolute Gasteiger partial charge is 0.392 e. The highest BCUT2D eigenvalue weighted by Gasteiger charge is 2.95. The van der Waals surface area contributed by atoms with Crippen LogP contribution in [0.4, 0.5) is 74.6 Å².